The Morgan fingerprint density at radius 1 is 1.17 bits per heavy atom. The summed E-state index contributed by atoms with van der Waals surface area (Å²) in [6.07, 6.45) is 2.00. The number of halogens is 1. The van der Waals surface area contributed by atoms with Crippen molar-refractivity contribution in [1.82, 2.24) is 30.1 Å². The van der Waals surface area contributed by atoms with Gasteiger partial charge in [0.2, 0.25) is 11.7 Å². The highest BCUT2D eigenvalue weighted by Gasteiger charge is 2.27. The molecule has 1 aliphatic rings. The molecule has 9 heteroatoms. The zero-order chi connectivity index (χ0) is 20.5. The summed E-state index contributed by atoms with van der Waals surface area (Å²) in [5.74, 6) is 0.672. The molecular formula is C21H19ClN6OS. The molecule has 4 aromatic rings. The van der Waals surface area contributed by atoms with E-state index in [0.717, 1.165) is 29.9 Å². The summed E-state index contributed by atoms with van der Waals surface area (Å²) in [6.45, 7) is 1.47. The Morgan fingerprint density at radius 3 is 2.87 bits per heavy atom. The van der Waals surface area contributed by atoms with E-state index in [1.807, 2.05) is 41.3 Å². The van der Waals surface area contributed by atoms with E-state index >= 15 is 0 Å². The molecule has 2 aromatic heterocycles. The van der Waals surface area contributed by atoms with Crippen molar-refractivity contribution in [1.29, 1.82) is 0 Å². The Bertz CT molecular complexity index is 1170. The van der Waals surface area contributed by atoms with E-state index in [1.54, 1.807) is 17.4 Å². The van der Waals surface area contributed by atoms with Crippen LogP contribution < -0.4 is 0 Å². The van der Waals surface area contributed by atoms with Crippen molar-refractivity contribution in [3.63, 3.8) is 0 Å². The number of fused-ring (bicyclic) bond motifs is 1. The molecule has 0 spiro atoms. The number of likely N-dealkylation sites (tertiary alicyclic amines) is 1. The monoisotopic (exact) mass is 438 g/mol. The Labute approximate surface area is 182 Å². The van der Waals surface area contributed by atoms with Crippen LogP contribution in [0.5, 0.6) is 0 Å². The molecule has 3 heterocycles. The van der Waals surface area contributed by atoms with Crippen LogP contribution in [-0.2, 0) is 11.3 Å². The fraction of sp³-hybridized carbons (Fsp3) is 0.286. The number of thiazole rings is 1. The minimum atomic E-state index is -0.0103. The van der Waals surface area contributed by atoms with Crippen LogP contribution in [0.1, 0.15) is 23.8 Å². The molecule has 30 heavy (non-hydrogen) atoms. The standard InChI is InChI=1S/C21H19ClN6OS/c22-16-8-2-1-7-15(16)20-24-26-28(25-20)13-19(29)27-11-5-6-14(12-27)21-23-17-9-3-4-10-18(17)30-21/h1-4,7-10,14H,5-6,11-13H2/t14-/m0/s1. The molecule has 1 fully saturated rings. The second-order valence-electron chi connectivity index (χ2n) is 7.32. The number of carbonyl (C=O) groups is 1. The molecule has 1 amide bonds. The van der Waals surface area contributed by atoms with Gasteiger partial charge >= 0.3 is 0 Å². The van der Waals surface area contributed by atoms with Gasteiger partial charge in [-0.3, -0.25) is 4.79 Å². The molecule has 1 atom stereocenters. The van der Waals surface area contributed by atoms with Crippen LogP contribution in [0, 0.1) is 0 Å². The lowest BCUT2D eigenvalue weighted by Crippen LogP contribution is -2.41. The molecule has 7 nitrogen and oxygen atoms in total. The Kier molecular flexibility index (Phi) is 5.18. The second kappa shape index (κ2) is 8.12. The van der Waals surface area contributed by atoms with E-state index in [2.05, 4.69) is 21.5 Å². The Balaban J connectivity index is 1.28. The minimum absolute atomic E-state index is 0.0103. The van der Waals surface area contributed by atoms with Crippen LogP contribution in [0.2, 0.25) is 5.02 Å². The topological polar surface area (TPSA) is 76.8 Å². The summed E-state index contributed by atoms with van der Waals surface area (Å²) >= 11 is 7.92. The highest BCUT2D eigenvalue weighted by atomic mass is 35.5. The summed E-state index contributed by atoms with van der Waals surface area (Å²) in [5.41, 5.74) is 1.73. The molecule has 1 aliphatic heterocycles. The van der Waals surface area contributed by atoms with Gasteiger partial charge in [-0.25, -0.2) is 4.98 Å². The first-order chi connectivity index (χ1) is 14.7. The maximum atomic E-state index is 12.9. The van der Waals surface area contributed by atoms with Crippen molar-refractivity contribution in [2.45, 2.75) is 25.3 Å². The molecule has 2 aromatic carbocycles. The number of nitrogens with zero attached hydrogens (tertiary/aromatic N) is 6. The lowest BCUT2D eigenvalue weighted by Gasteiger charge is -2.31. The zero-order valence-electron chi connectivity index (χ0n) is 16.1. The summed E-state index contributed by atoms with van der Waals surface area (Å²) < 4.78 is 1.19. The number of hydrogen-bond acceptors (Lipinski definition) is 6. The van der Waals surface area contributed by atoms with E-state index in [0.29, 0.717) is 23.0 Å². The van der Waals surface area contributed by atoms with Gasteiger partial charge in [0.25, 0.3) is 0 Å². The number of aromatic nitrogens is 5. The maximum absolute atomic E-state index is 12.9. The first kappa shape index (κ1) is 19.1. The predicted octanol–water partition coefficient (Wildman–Crippen LogP) is 4.01. The highest BCUT2D eigenvalue weighted by Crippen LogP contribution is 2.33. The van der Waals surface area contributed by atoms with Gasteiger partial charge in [-0.05, 0) is 42.3 Å². The van der Waals surface area contributed by atoms with Crippen molar-refractivity contribution >= 4 is 39.1 Å². The third-order valence-corrected chi connectivity index (χ3v) is 6.81. The average molecular weight is 439 g/mol. The fourth-order valence-electron chi connectivity index (χ4n) is 3.75. The van der Waals surface area contributed by atoms with Gasteiger partial charge in [-0.1, -0.05) is 35.9 Å². The van der Waals surface area contributed by atoms with Crippen LogP contribution in [0.3, 0.4) is 0 Å². The molecular weight excluding hydrogens is 420 g/mol. The van der Waals surface area contributed by atoms with Crippen LogP contribution in [0.25, 0.3) is 21.6 Å². The van der Waals surface area contributed by atoms with Crippen LogP contribution in [-0.4, -0.2) is 49.1 Å². The number of amides is 1. The number of carbonyl (C=O) groups excluding carboxylic acids is 1. The van der Waals surface area contributed by atoms with E-state index in [-0.39, 0.29) is 18.4 Å². The van der Waals surface area contributed by atoms with E-state index in [1.165, 1.54) is 9.50 Å². The fourth-order valence-corrected chi connectivity index (χ4v) is 5.06. The minimum Gasteiger partial charge on any atom is -0.340 e. The number of rotatable bonds is 4. The second-order valence-corrected chi connectivity index (χ2v) is 8.79. The Morgan fingerprint density at radius 2 is 2.00 bits per heavy atom. The molecule has 0 aliphatic carbocycles. The zero-order valence-corrected chi connectivity index (χ0v) is 17.7. The summed E-state index contributed by atoms with van der Waals surface area (Å²) in [7, 11) is 0. The van der Waals surface area contributed by atoms with Crippen LogP contribution in [0.4, 0.5) is 0 Å². The Hall–Kier alpha value is -2.84. The molecule has 0 unspecified atom stereocenters. The lowest BCUT2D eigenvalue weighted by atomic mass is 9.98. The number of benzene rings is 2. The van der Waals surface area contributed by atoms with Crippen molar-refractivity contribution in [2.24, 2.45) is 0 Å². The van der Waals surface area contributed by atoms with Crippen molar-refractivity contribution in [3.05, 3.63) is 58.6 Å². The van der Waals surface area contributed by atoms with Gasteiger partial charge in [0.05, 0.1) is 20.2 Å². The van der Waals surface area contributed by atoms with Gasteiger partial charge < -0.3 is 4.90 Å². The van der Waals surface area contributed by atoms with E-state index in [4.69, 9.17) is 16.6 Å². The normalized spacial score (nSPS) is 16.8. The largest absolute Gasteiger partial charge is 0.340 e. The van der Waals surface area contributed by atoms with E-state index < -0.39 is 0 Å². The quantitative estimate of drug-likeness (QED) is 0.481. The molecule has 152 valence electrons. The van der Waals surface area contributed by atoms with E-state index in [9.17, 15) is 4.79 Å². The molecule has 0 N–H and O–H groups in total. The maximum Gasteiger partial charge on any atom is 0.246 e. The molecule has 1 saturated heterocycles. The van der Waals surface area contributed by atoms with Crippen LogP contribution in [0.15, 0.2) is 48.5 Å². The van der Waals surface area contributed by atoms with Crippen molar-refractivity contribution in [2.75, 3.05) is 13.1 Å². The summed E-state index contributed by atoms with van der Waals surface area (Å²) in [6, 6.07) is 15.5. The first-order valence-electron chi connectivity index (χ1n) is 9.83. The predicted molar refractivity (Wildman–Crippen MR) is 116 cm³/mol. The molecule has 0 radical (unpaired) electrons. The van der Waals surface area contributed by atoms with Gasteiger partial charge in [0.15, 0.2) is 0 Å². The SMILES string of the molecule is O=C(Cn1nnc(-c2ccccc2Cl)n1)N1CCC[C@H](c2nc3ccccc3s2)C1. The summed E-state index contributed by atoms with van der Waals surface area (Å²) in [4.78, 5) is 20.9. The van der Waals surface area contributed by atoms with Gasteiger partial charge in [0, 0.05) is 24.6 Å². The van der Waals surface area contributed by atoms with Gasteiger partial charge in [0.1, 0.15) is 6.54 Å². The highest BCUT2D eigenvalue weighted by molar-refractivity contribution is 7.18. The van der Waals surface area contributed by atoms with Gasteiger partial charge in [-0.15, -0.1) is 21.5 Å². The third-order valence-electron chi connectivity index (χ3n) is 5.28. The lowest BCUT2D eigenvalue weighted by molar-refractivity contribution is -0.133. The number of tetrazole rings is 1. The third kappa shape index (κ3) is 3.80. The molecule has 0 bridgehead atoms. The molecule has 5 rings (SSSR count). The van der Waals surface area contributed by atoms with Crippen molar-refractivity contribution < 1.29 is 4.79 Å². The molecule has 0 saturated carbocycles. The number of para-hydroxylation sites is 1. The number of piperidine rings is 1. The van der Waals surface area contributed by atoms with Crippen LogP contribution >= 0.6 is 22.9 Å². The smallest absolute Gasteiger partial charge is 0.246 e. The number of hydrogen-bond donors (Lipinski definition) is 0. The average Bonchev–Trinajstić information content (AvgIpc) is 3.41. The van der Waals surface area contributed by atoms with Gasteiger partial charge in [-0.2, -0.15) is 4.80 Å². The first-order valence-corrected chi connectivity index (χ1v) is 11.0. The summed E-state index contributed by atoms with van der Waals surface area (Å²) in [5, 5.41) is 14.1. The van der Waals surface area contributed by atoms with Crippen molar-refractivity contribution in [3.8, 4) is 11.4 Å².